The number of ether oxygens (including phenoxy) is 1. The smallest absolute Gasteiger partial charge is 0.317 e. The molecule has 0 aromatic heterocycles. The molecule has 6 nitrogen and oxygen atoms in total. The zero-order valence-electron chi connectivity index (χ0n) is 12.6. The molecule has 1 aromatic carbocycles. The fourth-order valence-corrected chi connectivity index (χ4v) is 2.30. The summed E-state index contributed by atoms with van der Waals surface area (Å²) in [5, 5.41) is 11.6. The Kier molecular flexibility index (Phi) is 5.36. The molecule has 1 aliphatic heterocycles. The Balaban J connectivity index is 1.79. The second-order valence-corrected chi connectivity index (χ2v) is 5.51. The van der Waals surface area contributed by atoms with Crippen LogP contribution in [0.4, 0.5) is 13.6 Å². The van der Waals surface area contributed by atoms with Crippen molar-refractivity contribution in [3.8, 4) is 5.75 Å². The molecule has 1 saturated heterocycles. The van der Waals surface area contributed by atoms with Crippen molar-refractivity contribution in [2.24, 2.45) is 5.92 Å². The average molecular weight is 328 g/mol. The summed E-state index contributed by atoms with van der Waals surface area (Å²) in [5.74, 6) is -3.06. The minimum absolute atomic E-state index is 0.00446. The van der Waals surface area contributed by atoms with E-state index in [2.05, 4.69) is 5.32 Å². The van der Waals surface area contributed by atoms with E-state index in [-0.39, 0.29) is 24.9 Å². The van der Waals surface area contributed by atoms with Gasteiger partial charge in [0.05, 0.1) is 12.0 Å². The van der Waals surface area contributed by atoms with Gasteiger partial charge in [0, 0.05) is 19.2 Å². The number of rotatable bonds is 5. The first-order valence-electron chi connectivity index (χ1n) is 7.23. The van der Waals surface area contributed by atoms with Gasteiger partial charge < -0.3 is 20.1 Å². The third-order valence-corrected chi connectivity index (χ3v) is 3.58. The predicted molar refractivity (Wildman–Crippen MR) is 77.2 cm³/mol. The van der Waals surface area contributed by atoms with Gasteiger partial charge in [0.1, 0.15) is 12.4 Å². The zero-order valence-corrected chi connectivity index (χ0v) is 12.6. The molecule has 2 rings (SSSR count). The summed E-state index contributed by atoms with van der Waals surface area (Å²) in [6, 6.07) is 2.17. The Morgan fingerprint density at radius 2 is 2.22 bits per heavy atom. The van der Waals surface area contributed by atoms with Gasteiger partial charge in [-0.15, -0.1) is 0 Å². The van der Waals surface area contributed by atoms with E-state index in [0.717, 1.165) is 12.1 Å². The molecular weight excluding hydrogens is 310 g/mol. The number of hydrogen-bond acceptors (Lipinski definition) is 3. The first-order valence-corrected chi connectivity index (χ1v) is 7.23. The summed E-state index contributed by atoms with van der Waals surface area (Å²) >= 11 is 0. The van der Waals surface area contributed by atoms with Crippen LogP contribution in [-0.2, 0) is 4.79 Å². The fourth-order valence-electron chi connectivity index (χ4n) is 2.30. The Morgan fingerprint density at radius 1 is 1.48 bits per heavy atom. The largest absolute Gasteiger partial charge is 0.488 e. The second kappa shape index (κ2) is 7.26. The number of amides is 2. The van der Waals surface area contributed by atoms with Crippen LogP contribution in [0.1, 0.15) is 13.3 Å². The van der Waals surface area contributed by atoms with Crippen molar-refractivity contribution in [2.75, 3.05) is 19.7 Å². The highest BCUT2D eigenvalue weighted by Gasteiger charge is 2.31. The first kappa shape index (κ1) is 17.0. The van der Waals surface area contributed by atoms with E-state index in [0.29, 0.717) is 13.0 Å². The van der Waals surface area contributed by atoms with Crippen LogP contribution in [-0.4, -0.2) is 47.7 Å². The van der Waals surface area contributed by atoms with Crippen molar-refractivity contribution >= 4 is 12.0 Å². The number of hydrogen-bond donors (Lipinski definition) is 2. The molecule has 1 aliphatic rings. The molecule has 126 valence electrons. The molecule has 8 heteroatoms. The lowest BCUT2D eigenvalue weighted by Crippen LogP contribution is -2.45. The maximum Gasteiger partial charge on any atom is 0.317 e. The lowest BCUT2D eigenvalue weighted by atomic mass is 10.1. The summed E-state index contributed by atoms with van der Waals surface area (Å²) in [6.45, 7) is 2.22. The Labute approximate surface area is 132 Å². The number of carboxylic acids is 1. The van der Waals surface area contributed by atoms with Crippen molar-refractivity contribution in [2.45, 2.75) is 19.4 Å². The number of carbonyl (C=O) groups excluding carboxylic acids is 1. The van der Waals surface area contributed by atoms with Crippen molar-refractivity contribution < 1.29 is 28.2 Å². The highest BCUT2D eigenvalue weighted by molar-refractivity contribution is 5.77. The van der Waals surface area contributed by atoms with Crippen molar-refractivity contribution in [1.82, 2.24) is 10.2 Å². The number of nitrogens with one attached hydrogen (secondary N) is 1. The number of carboxylic acid groups (broad SMARTS) is 1. The molecule has 2 N–H and O–H groups in total. The van der Waals surface area contributed by atoms with Crippen LogP contribution in [0.2, 0.25) is 0 Å². The average Bonchev–Trinajstić information content (AvgIpc) is 2.96. The maximum absolute atomic E-state index is 13.4. The van der Waals surface area contributed by atoms with Crippen LogP contribution in [0.25, 0.3) is 0 Å². The van der Waals surface area contributed by atoms with E-state index in [4.69, 9.17) is 9.84 Å². The van der Waals surface area contributed by atoms with Crippen molar-refractivity contribution in [3.63, 3.8) is 0 Å². The van der Waals surface area contributed by atoms with Gasteiger partial charge in [-0.05, 0) is 25.5 Å². The van der Waals surface area contributed by atoms with E-state index < -0.39 is 29.6 Å². The van der Waals surface area contributed by atoms with Crippen LogP contribution in [0.3, 0.4) is 0 Å². The van der Waals surface area contributed by atoms with Crippen molar-refractivity contribution in [1.29, 1.82) is 0 Å². The van der Waals surface area contributed by atoms with Gasteiger partial charge in [0.15, 0.2) is 11.6 Å². The second-order valence-electron chi connectivity index (χ2n) is 5.51. The standard InChI is InChI=1S/C15H18F2N2O4/c1-9(8-23-13-3-2-11(16)6-12(13)17)18-15(22)19-5-4-10(7-19)14(20)21/h2-3,6,9-10H,4-5,7-8H2,1H3,(H,18,22)(H,20,21). The van der Waals surface area contributed by atoms with Gasteiger partial charge in [-0.25, -0.2) is 13.6 Å². The Morgan fingerprint density at radius 3 is 2.83 bits per heavy atom. The molecule has 2 unspecified atom stereocenters. The Hall–Kier alpha value is -2.38. The van der Waals surface area contributed by atoms with E-state index >= 15 is 0 Å². The summed E-state index contributed by atoms with van der Waals surface area (Å²) < 4.78 is 31.4. The number of urea groups is 1. The minimum Gasteiger partial charge on any atom is -0.488 e. The number of carbonyl (C=O) groups is 2. The third-order valence-electron chi connectivity index (χ3n) is 3.58. The van der Waals surface area contributed by atoms with Gasteiger partial charge in [-0.2, -0.15) is 0 Å². The number of likely N-dealkylation sites (tertiary alicyclic amines) is 1. The van der Waals surface area contributed by atoms with Crippen LogP contribution >= 0.6 is 0 Å². The molecule has 1 aromatic rings. The van der Waals surface area contributed by atoms with E-state index in [9.17, 15) is 18.4 Å². The third kappa shape index (κ3) is 4.54. The van der Waals surface area contributed by atoms with Crippen LogP contribution in [0, 0.1) is 17.6 Å². The molecule has 0 radical (unpaired) electrons. The van der Waals surface area contributed by atoms with Gasteiger partial charge >= 0.3 is 12.0 Å². The lowest BCUT2D eigenvalue weighted by molar-refractivity contribution is -0.141. The number of nitrogens with zero attached hydrogens (tertiary/aromatic N) is 1. The van der Waals surface area contributed by atoms with Gasteiger partial charge in [0.2, 0.25) is 0 Å². The first-order chi connectivity index (χ1) is 10.9. The fraction of sp³-hybridized carbons (Fsp3) is 0.467. The molecule has 0 aliphatic carbocycles. The number of halogens is 2. The molecule has 2 atom stereocenters. The molecule has 23 heavy (non-hydrogen) atoms. The summed E-state index contributed by atoms with van der Waals surface area (Å²) in [6.07, 6.45) is 0.425. The molecule has 2 amide bonds. The molecule has 0 saturated carbocycles. The van der Waals surface area contributed by atoms with Crippen LogP contribution in [0.5, 0.6) is 5.75 Å². The normalized spacial score (nSPS) is 18.6. The summed E-state index contributed by atoms with van der Waals surface area (Å²) in [4.78, 5) is 24.3. The van der Waals surface area contributed by atoms with E-state index in [1.807, 2.05) is 0 Å². The summed E-state index contributed by atoms with van der Waals surface area (Å²) in [7, 11) is 0. The van der Waals surface area contributed by atoms with Crippen LogP contribution in [0.15, 0.2) is 18.2 Å². The minimum atomic E-state index is -0.913. The van der Waals surface area contributed by atoms with Gasteiger partial charge in [-0.1, -0.05) is 0 Å². The van der Waals surface area contributed by atoms with E-state index in [1.165, 1.54) is 11.0 Å². The predicted octanol–water partition coefficient (Wildman–Crippen LogP) is 1.85. The van der Waals surface area contributed by atoms with E-state index in [1.54, 1.807) is 6.92 Å². The Bertz CT molecular complexity index is 597. The topological polar surface area (TPSA) is 78.9 Å². The van der Waals surface area contributed by atoms with Crippen LogP contribution < -0.4 is 10.1 Å². The zero-order chi connectivity index (χ0) is 17.0. The molecule has 0 bridgehead atoms. The number of benzene rings is 1. The van der Waals surface area contributed by atoms with Crippen molar-refractivity contribution in [3.05, 3.63) is 29.8 Å². The summed E-state index contributed by atoms with van der Waals surface area (Å²) in [5.41, 5.74) is 0. The molecule has 1 heterocycles. The van der Waals surface area contributed by atoms with Gasteiger partial charge in [-0.3, -0.25) is 4.79 Å². The van der Waals surface area contributed by atoms with Gasteiger partial charge in [0.25, 0.3) is 0 Å². The molecule has 0 spiro atoms. The lowest BCUT2D eigenvalue weighted by Gasteiger charge is -2.21. The highest BCUT2D eigenvalue weighted by atomic mass is 19.1. The monoisotopic (exact) mass is 328 g/mol. The number of aliphatic carboxylic acids is 1. The molecule has 1 fully saturated rings. The molecular formula is C15H18F2N2O4. The quantitative estimate of drug-likeness (QED) is 0.864. The SMILES string of the molecule is CC(COc1ccc(F)cc1F)NC(=O)N1CCC(C(=O)O)C1. The highest BCUT2D eigenvalue weighted by Crippen LogP contribution is 2.18. The maximum atomic E-state index is 13.4.